The third-order valence-corrected chi connectivity index (χ3v) is 4.91. The van der Waals surface area contributed by atoms with E-state index in [1.165, 1.54) is 23.5 Å². The highest BCUT2D eigenvalue weighted by Crippen LogP contribution is 2.24. The van der Waals surface area contributed by atoms with Crippen LogP contribution in [0.2, 0.25) is 0 Å². The number of benzene rings is 1. The first-order valence-electron chi connectivity index (χ1n) is 6.97. The van der Waals surface area contributed by atoms with Gasteiger partial charge in [-0.3, -0.25) is 4.79 Å². The van der Waals surface area contributed by atoms with Gasteiger partial charge in [-0.25, -0.2) is 9.37 Å². The van der Waals surface area contributed by atoms with Gasteiger partial charge in [-0.2, -0.15) is 0 Å². The predicted octanol–water partition coefficient (Wildman–Crippen LogP) is 3.68. The lowest BCUT2D eigenvalue weighted by Crippen LogP contribution is -2.13. The lowest BCUT2D eigenvalue weighted by Gasteiger charge is -1.98. The van der Waals surface area contributed by atoms with Gasteiger partial charge in [0, 0.05) is 10.4 Å². The lowest BCUT2D eigenvalue weighted by atomic mass is 10.2. The molecule has 0 fully saturated rings. The van der Waals surface area contributed by atoms with Gasteiger partial charge in [0.2, 0.25) is 11.8 Å². The summed E-state index contributed by atoms with van der Waals surface area (Å²) in [6.07, 6.45) is 0. The molecule has 124 valence electrons. The largest absolute Gasteiger partial charge is 0.411 e. The van der Waals surface area contributed by atoms with E-state index in [2.05, 4.69) is 20.5 Å². The molecule has 3 rings (SSSR count). The molecule has 0 bridgehead atoms. The number of carbonyl (C=O) groups excluding carboxylic acids is 1. The van der Waals surface area contributed by atoms with Crippen LogP contribution in [0.3, 0.4) is 0 Å². The number of hydrogen-bond acceptors (Lipinski definition) is 7. The van der Waals surface area contributed by atoms with Crippen LogP contribution in [0.1, 0.15) is 10.6 Å². The number of aryl methyl sites for hydroxylation is 2. The van der Waals surface area contributed by atoms with Crippen LogP contribution in [-0.4, -0.2) is 26.8 Å². The summed E-state index contributed by atoms with van der Waals surface area (Å²) in [5.41, 5.74) is 1.53. The van der Waals surface area contributed by atoms with Gasteiger partial charge in [0.25, 0.3) is 5.22 Å². The zero-order chi connectivity index (χ0) is 17.1. The van der Waals surface area contributed by atoms with E-state index in [-0.39, 0.29) is 28.6 Å². The summed E-state index contributed by atoms with van der Waals surface area (Å²) in [6.45, 7) is 3.85. The number of rotatable bonds is 5. The van der Waals surface area contributed by atoms with E-state index >= 15 is 0 Å². The van der Waals surface area contributed by atoms with Gasteiger partial charge in [0.1, 0.15) is 5.82 Å². The molecule has 0 atom stereocenters. The van der Waals surface area contributed by atoms with Crippen molar-refractivity contribution >= 4 is 34.1 Å². The normalized spacial score (nSPS) is 10.8. The molecule has 0 aliphatic carbocycles. The SMILES string of the molecule is Cc1nc(NC(=O)CSc2nnc(-c3ccc(F)cc3)o2)sc1C. The number of aromatic nitrogens is 3. The Hall–Kier alpha value is -2.26. The van der Waals surface area contributed by atoms with E-state index in [9.17, 15) is 9.18 Å². The molecule has 2 aromatic heterocycles. The molecular weight excluding hydrogens is 351 g/mol. The van der Waals surface area contributed by atoms with Crippen LogP contribution < -0.4 is 5.32 Å². The van der Waals surface area contributed by atoms with Gasteiger partial charge in [-0.1, -0.05) is 11.8 Å². The number of anilines is 1. The number of hydrogen-bond donors (Lipinski definition) is 1. The van der Waals surface area contributed by atoms with E-state index in [1.807, 2.05) is 13.8 Å². The molecule has 0 saturated heterocycles. The second-order valence-corrected chi connectivity index (χ2v) is 7.01. The Morgan fingerprint density at radius 3 is 2.71 bits per heavy atom. The van der Waals surface area contributed by atoms with Crippen molar-refractivity contribution in [2.24, 2.45) is 0 Å². The molecule has 2 heterocycles. The number of carbonyl (C=O) groups is 1. The molecular formula is C15H13FN4O2S2. The average Bonchev–Trinajstić information content (AvgIpc) is 3.13. The number of thiazole rings is 1. The highest BCUT2D eigenvalue weighted by Gasteiger charge is 2.13. The van der Waals surface area contributed by atoms with Crippen LogP contribution >= 0.6 is 23.1 Å². The maximum atomic E-state index is 12.9. The number of nitrogens with one attached hydrogen (secondary N) is 1. The molecule has 1 amide bonds. The van der Waals surface area contributed by atoms with Crippen molar-refractivity contribution < 1.29 is 13.6 Å². The topological polar surface area (TPSA) is 80.9 Å². The Labute approximate surface area is 145 Å². The summed E-state index contributed by atoms with van der Waals surface area (Å²) in [5.74, 6) is -0.125. The molecule has 0 aliphatic rings. The van der Waals surface area contributed by atoms with Gasteiger partial charge in [-0.15, -0.1) is 21.5 Å². The zero-order valence-electron chi connectivity index (χ0n) is 12.9. The predicted molar refractivity (Wildman–Crippen MR) is 90.6 cm³/mol. The van der Waals surface area contributed by atoms with Crippen LogP contribution in [0.5, 0.6) is 0 Å². The molecule has 0 radical (unpaired) electrons. The first kappa shape index (κ1) is 16.6. The van der Waals surface area contributed by atoms with Crippen molar-refractivity contribution in [3.63, 3.8) is 0 Å². The zero-order valence-corrected chi connectivity index (χ0v) is 14.5. The molecule has 0 spiro atoms. The molecule has 3 aromatic rings. The quantitative estimate of drug-likeness (QED) is 0.696. The van der Waals surface area contributed by atoms with E-state index in [4.69, 9.17) is 4.42 Å². The summed E-state index contributed by atoms with van der Waals surface area (Å²) < 4.78 is 18.4. The maximum Gasteiger partial charge on any atom is 0.277 e. The third-order valence-electron chi connectivity index (χ3n) is 3.10. The van der Waals surface area contributed by atoms with Crippen LogP contribution in [0.25, 0.3) is 11.5 Å². The number of thioether (sulfide) groups is 1. The fraction of sp³-hybridized carbons (Fsp3) is 0.200. The molecule has 0 unspecified atom stereocenters. The van der Waals surface area contributed by atoms with E-state index in [1.54, 1.807) is 12.1 Å². The second-order valence-electron chi connectivity index (χ2n) is 4.88. The minimum absolute atomic E-state index is 0.128. The Morgan fingerprint density at radius 2 is 2.04 bits per heavy atom. The van der Waals surface area contributed by atoms with Gasteiger partial charge < -0.3 is 9.73 Å². The van der Waals surface area contributed by atoms with Crippen molar-refractivity contribution in [3.05, 3.63) is 40.7 Å². The average molecular weight is 364 g/mol. The number of halogens is 1. The fourth-order valence-corrected chi connectivity index (χ4v) is 3.18. The van der Waals surface area contributed by atoms with E-state index in [0.29, 0.717) is 10.7 Å². The van der Waals surface area contributed by atoms with Crippen molar-refractivity contribution in [2.75, 3.05) is 11.1 Å². The van der Waals surface area contributed by atoms with Crippen LogP contribution in [-0.2, 0) is 4.79 Å². The van der Waals surface area contributed by atoms with Crippen molar-refractivity contribution in [1.29, 1.82) is 0 Å². The first-order valence-corrected chi connectivity index (χ1v) is 8.77. The Bertz CT molecular complexity index is 841. The number of amides is 1. The van der Waals surface area contributed by atoms with Gasteiger partial charge >= 0.3 is 0 Å². The summed E-state index contributed by atoms with van der Waals surface area (Å²) in [6, 6.07) is 5.74. The molecule has 0 saturated carbocycles. The fourth-order valence-electron chi connectivity index (χ4n) is 1.79. The summed E-state index contributed by atoms with van der Waals surface area (Å²) in [5, 5.41) is 11.3. The van der Waals surface area contributed by atoms with Gasteiger partial charge in [0.05, 0.1) is 11.4 Å². The van der Waals surface area contributed by atoms with Crippen molar-refractivity contribution in [3.8, 4) is 11.5 Å². The van der Waals surface area contributed by atoms with Gasteiger partial charge in [-0.05, 0) is 38.1 Å². The monoisotopic (exact) mass is 364 g/mol. The molecule has 1 N–H and O–H groups in total. The minimum Gasteiger partial charge on any atom is -0.411 e. The highest BCUT2D eigenvalue weighted by molar-refractivity contribution is 7.99. The van der Waals surface area contributed by atoms with Crippen molar-refractivity contribution in [1.82, 2.24) is 15.2 Å². The van der Waals surface area contributed by atoms with Crippen LogP contribution in [0.15, 0.2) is 33.9 Å². The second kappa shape index (κ2) is 7.10. The van der Waals surface area contributed by atoms with E-state index < -0.39 is 0 Å². The summed E-state index contributed by atoms with van der Waals surface area (Å²) >= 11 is 2.56. The lowest BCUT2D eigenvalue weighted by molar-refractivity contribution is -0.113. The summed E-state index contributed by atoms with van der Waals surface area (Å²) in [4.78, 5) is 17.2. The molecule has 9 heteroatoms. The van der Waals surface area contributed by atoms with E-state index in [0.717, 1.165) is 22.3 Å². The van der Waals surface area contributed by atoms with Crippen LogP contribution in [0.4, 0.5) is 9.52 Å². The van der Waals surface area contributed by atoms with Gasteiger partial charge in [0.15, 0.2) is 5.13 Å². The first-order chi connectivity index (χ1) is 11.5. The Morgan fingerprint density at radius 1 is 1.29 bits per heavy atom. The van der Waals surface area contributed by atoms with Crippen molar-refractivity contribution in [2.45, 2.75) is 19.1 Å². The standard InChI is InChI=1S/C15H13FN4O2S2/c1-8-9(2)24-14(17-8)18-12(21)7-23-15-20-19-13(22-15)10-3-5-11(16)6-4-10/h3-6H,7H2,1-2H3,(H,17,18,21). The maximum absolute atomic E-state index is 12.9. The Balaban J connectivity index is 1.57. The number of nitrogens with zero attached hydrogens (tertiary/aromatic N) is 3. The van der Waals surface area contributed by atoms with Crippen LogP contribution in [0, 0.1) is 19.7 Å². The third kappa shape index (κ3) is 3.98. The minimum atomic E-state index is -0.336. The molecule has 1 aromatic carbocycles. The molecule has 24 heavy (non-hydrogen) atoms. The molecule has 6 nitrogen and oxygen atoms in total. The Kier molecular flexibility index (Phi) is 4.91. The smallest absolute Gasteiger partial charge is 0.277 e. The highest BCUT2D eigenvalue weighted by atomic mass is 32.2. The summed E-state index contributed by atoms with van der Waals surface area (Å²) in [7, 11) is 0. The molecule has 0 aliphatic heterocycles.